The number of carbonyl (C=O) groups is 1. The van der Waals surface area contributed by atoms with Crippen molar-refractivity contribution in [3.05, 3.63) is 53.8 Å². The third-order valence-electron chi connectivity index (χ3n) is 2.09. The Hall–Kier alpha value is -0.230. The molecule has 0 radical (unpaired) electrons. The summed E-state index contributed by atoms with van der Waals surface area (Å²) in [5.41, 5.74) is -0.0933. The fourth-order valence-corrected chi connectivity index (χ4v) is 3.65. The molecule has 1 heterocycles. The van der Waals surface area contributed by atoms with Crippen LogP contribution >= 0.6 is 54.8 Å². The molecule has 1 nitrogen and oxygen atoms in total. The minimum absolute atomic E-state index is 0.0933. The van der Waals surface area contributed by atoms with Crippen LogP contribution in [0.1, 0.15) is 15.2 Å². The van der Waals surface area contributed by atoms with Crippen molar-refractivity contribution in [3.63, 3.8) is 0 Å². The molecular weight excluding hydrogens is 394 g/mol. The van der Waals surface area contributed by atoms with Crippen LogP contribution in [0.4, 0.5) is 4.39 Å². The van der Waals surface area contributed by atoms with Crippen molar-refractivity contribution >= 4 is 60.6 Å². The van der Waals surface area contributed by atoms with Gasteiger partial charge in [0.05, 0.1) is 19.9 Å². The van der Waals surface area contributed by atoms with Gasteiger partial charge in [-0.25, -0.2) is 4.39 Å². The maximum Gasteiger partial charge on any atom is 0.208 e. The summed E-state index contributed by atoms with van der Waals surface area (Å²) in [5.74, 6) is -1.03. The van der Waals surface area contributed by atoms with Gasteiger partial charge < -0.3 is 0 Å². The van der Waals surface area contributed by atoms with Gasteiger partial charge >= 0.3 is 0 Å². The van der Waals surface area contributed by atoms with Crippen LogP contribution in [0.2, 0.25) is 5.02 Å². The highest BCUT2D eigenvalue weighted by Gasteiger charge is 2.22. The molecule has 0 spiro atoms. The highest BCUT2D eigenvalue weighted by Crippen LogP contribution is 2.35. The van der Waals surface area contributed by atoms with Crippen LogP contribution in [0.15, 0.2) is 32.5 Å². The molecule has 17 heavy (non-hydrogen) atoms. The zero-order chi connectivity index (χ0) is 12.6. The van der Waals surface area contributed by atoms with E-state index in [0.717, 1.165) is 4.47 Å². The topological polar surface area (TPSA) is 17.1 Å². The quantitative estimate of drug-likeness (QED) is 0.628. The lowest BCUT2D eigenvalue weighted by molar-refractivity contribution is 0.103. The van der Waals surface area contributed by atoms with E-state index in [2.05, 4.69) is 31.9 Å². The van der Waals surface area contributed by atoms with Crippen LogP contribution in [-0.4, -0.2) is 5.78 Å². The van der Waals surface area contributed by atoms with Crippen LogP contribution in [-0.2, 0) is 0 Å². The van der Waals surface area contributed by atoms with Crippen LogP contribution in [0.3, 0.4) is 0 Å². The van der Waals surface area contributed by atoms with Crippen molar-refractivity contribution in [1.82, 2.24) is 0 Å². The molecule has 0 aliphatic rings. The molecule has 6 heteroatoms. The Balaban J connectivity index is 2.55. The normalized spacial score (nSPS) is 10.6. The second kappa shape index (κ2) is 5.18. The van der Waals surface area contributed by atoms with E-state index >= 15 is 0 Å². The SMILES string of the molecule is O=C(c1scc(Br)c1Br)c1c(F)cccc1Cl. The first-order valence-corrected chi connectivity index (χ1v) is 7.28. The van der Waals surface area contributed by atoms with Crippen molar-refractivity contribution in [2.75, 3.05) is 0 Å². The minimum atomic E-state index is -0.612. The van der Waals surface area contributed by atoms with Gasteiger partial charge in [0.2, 0.25) is 5.78 Å². The molecule has 0 saturated carbocycles. The van der Waals surface area contributed by atoms with E-state index in [9.17, 15) is 9.18 Å². The number of hydrogen-bond donors (Lipinski definition) is 0. The van der Waals surface area contributed by atoms with E-state index in [1.165, 1.54) is 29.5 Å². The average molecular weight is 398 g/mol. The summed E-state index contributed by atoms with van der Waals surface area (Å²) in [6.07, 6.45) is 0. The number of thiophene rings is 1. The summed E-state index contributed by atoms with van der Waals surface area (Å²) < 4.78 is 15.0. The summed E-state index contributed by atoms with van der Waals surface area (Å²) in [5, 5.41) is 1.87. The van der Waals surface area contributed by atoms with E-state index in [1.54, 1.807) is 5.38 Å². The summed E-state index contributed by atoms with van der Waals surface area (Å²) in [7, 11) is 0. The predicted octanol–water partition coefficient (Wildman–Crippen LogP) is 5.30. The molecule has 2 aromatic rings. The van der Waals surface area contributed by atoms with Gasteiger partial charge in [-0.15, -0.1) is 11.3 Å². The third kappa shape index (κ3) is 2.47. The van der Waals surface area contributed by atoms with Crippen molar-refractivity contribution in [3.8, 4) is 0 Å². The molecule has 0 N–H and O–H groups in total. The highest BCUT2D eigenvalue weighted by molar-refractivity contribution is 9.13. The lowest BCUT2D eigenvalue weighted by atomic mass is 10.1. The lowest BCUT2D eigenvalue weighted by Crippen LogP contribution is -2.03. The van der Waals surface area contributed by atoms with Crippen molar-refractivity contribution in [2.45, 2.75) is 0 Å². The molecular formula is C11H4Br2ClFOS. The number of halogens is 4. The summed E-state index contributed by atoms with van der Waals surface area (Å²) in [6.45, 7) is 0. The Bertz CT molecular complexity index is 577. The van der Waals surface area contributed by atoms with Crippen molar-refractivity contribution < 1.29 is 9.18 Å². The smallest absolute Gasteiger partial charge is 0.208 e. The molecule has 1 aromatic heterocycles. The Morgan fingerprint density at radius 2 is 2.06 bits per heavy atom. The fraction of sp³-hybridized carbons (Fsp3) is 0. The van der Waals surface area contributed by atoms with Gasteiger partial charge in [-0.3, -0.25) is 4.79 Å². The van der Waals surface area contributed by atoms with Gasteiger partial charge in [0.25, 0.3) is 0 Å². The highest BCUT2D eigenvalue weighted by atomic mass is 79.9. The van der Waals surface area contributed by atoms with Crippen LogP contribution in [0, 0.1) is 5.82 Å². The number of hydrogen-bond acceptors (Lipinski definition) is 2. The first-order valence-electron chi connectivity index (χ1n) is 4.43. The second-order valence-electron chi connectivity index (χ2n) is 3.15. The van der Waals surface area contributed by atoms with E-state index < -0.39 is 11.6 Å². The van der Waals surface area contributed by atoms with Crippen LogP contribution < -0.4 is 0 Å². The molecule has 0 amide bonds. The Morgan fingerprint density at radius 1 is 1.35 bits per heavy atom. The molecule has 0 bridgehead atoms. The molecule has 88 valence electrons. The van der Waals surface area contributed by atoms with E-state index in [-0.39, 0.29) is 10.6 Å². The van der Waals surface area contributed by atoms with Gasteiger partial charge in [-0.2, -0.15) is 0 Å². The number of benzene rings is 1. The van der Waals surface area contributed by atoms with E-state index in [1.807, 2.05) is 0 Å². The molecule has 1 aromatic carbocycles. The van der Waals surface area contributed by atoms with Gasteiger partial charge in [-0.05, 0) is 44.0 Å². The van der Waals surface area contributed by atoms with Crippen LogP contribution in [0.25, 0.3) is 0 Å². The largest absolute Gasteiger partial charge is 0.287 e. The minimum Gasteiger partial charge on any atom is -0.287 e. The van der Waals surface area contributed by atoms with Gasteiger partial charge in [0, 0.05) is 9.85 Å². The number of rotatable bonds is 2. The number of carbonyl (C=O) groups excluding carboxylic acids is 1. The molecule has 0 aliphatic carbocycles. The van der Waals surface area contributed by atoms with Gasteiger partial charge in [0.1, 0.15) is 5.82 Å². The Kier molecular flexibility index (Phi) is 4.02. The van der Waals surface area contributed by atoms with Crippen LogP contribution in [0.5, 0.6) is 0 Å². The zero-order valence-electron chi connectivity index (χ0n) is 8.14. The summed E-state index contributed by atoms with van der Waals surface area (Å²) in [4.78, 5) is 12.6. The summed E-state index contributed by atoms with van der Waals surface area (Å²) in [6, 6.07) is 4.18. The maximum atomic E-state index is 13.6. The first-order chi connectivity index (χ1) is 8.02. The maximum absolute atomic E-state index is 13.6. The lowest BCUT2D eigenvalue weighted by Gasteiger charge is -2.03. The monoisotopic (exact) mass is 396 g/mol. The van der Waals surface area contributed by atoms with Crippen molar-refractivity contribution in [1.29, 1.82) is 0 Å². The molecule has 0 unspecified atom stereocenters. The molecule has 0 atom stereocenters. The van der Waals surface area contributed by atoms with Gasteiger partial charge in [0.15, 0.2) is 0 Å². The fourth-order valence-electron chi connectivity index (χ4n) is 1.30. The predicted molar refractivity (Wildman–Crippen MR) is 74.6 cm³/mol. The zero-order valence-corrected chi connectivity index (χ0v) is 12.9. The summed E-state index contributed by atoms with van der Waals surface area (Å²) >= 11 is 13.6. The van der Waals surface area contributed by atoms with E-state index in [4.69, 9.17) is 11.6 Å². The van der Waals surface area contributed by atoms with E-state index in [0.29, 0.717) is 9.35 Å². The standard InChI is InChI=1S/C11H4Br2ClFOS/c12-5-4-17-11(9(5)13)10(16)8-6(14)2-1-3-7(8)15/h1-4H. The first kappa shape index (κ1) is 13.2. The molecule has 0 saturated heterocycles. The molecule has 0 fully saturated rings. The number of ketones is 1. The average Bonchev–Trinajstić information content (AvgIpc) is 2.59. The Morgan fingerprint density at radius 3 is 2.59 bits per heavy atom. The van der Waals surface area contributed by atoms with Crippen molar-refractivity contribution in [2.24, 2.45) is 0 Å². The third-order valence-corrected chi connectivity index (χ3v) is 5.93. The molecule has 0 aliphatic heterocycles. The molecule has 2 rings (SSSR count). The Labute approximate surface area is 123 Å². The van der Waals surface area contributed by atoms with Gasteiger partial charge in [-0.1, -0.05) is 17.7 Å². The second-order valence-corrected chi connectivity index (χ2v) is 6.09.